The van der Waals surface area contributed by atoms with E-state index in [1.165, 1.54) is 0 Å². The lowest BCUT2D eigenvalue weighted by molar-refractivity contribution is -0.136. The zero-order valence-corrected chi connectivity index (χ0v) is 20.2. The van der Waals surface area contributed by atoms with Gasteiger partial charge in [0.05, 0.1) is 12.1 Å². The molecule has 176 valence electrons. The lowest BCUT2D eigenvalue weighted by Gasteiger charge is -2.14. The molecule has 0 atom stereocenters. The Morgan fingerprint density at radius 2 is 1.63 bits per heavy atom. The fourth-order valence-corrected chi connectivity index (χ4v) is 5.46. The van der Waals surface area contributed by atoms with Gasteiger partial charge in [0.1, 0.15) is 6.61 Å². The number of carboxylic acid groups (broad SMARTS) is 1. The minimum absolute atomic E-state index is 0.0434. The number of aryl methyl sites for hydroxylation is 2. The van der Waals surface area contributed by atoms with E-state index in [9.17, 15) is 14.7 Å². The predicted molar refractivity (Wildman–Crippen MR) is 137 cm³/mol. The number of ether oxygens (including phenoxy) is 1. The van der Waals surface area contributed by atoms with E-state index in [4.69, 9.17) is 4.74 Å². The van der Waals surface area contributed by atoms with E-state index in [2.05, 4.69) is 34.6 Å². The van der Waals surface area contributed by atoms with Gasteiger partial charge in [-0.25, -0.2) is 9.78 Å². The average molecular weight is 485 g/mol. The number of hydrogen-bond acceptors (Lipinski definition) is 5. The number of carboxylic acids is 1. The average Bonchev–Trinajstić information content (AvgIpc) is 3.37. The third kappa shape index (κ3) is 4.55. The largest absolute Gasteiger partial charge is 0.481 e. The van der Waals surface area contributed by atoms with Crippen LogP contribution in [0.2, 0.25) is 0 Å². The molecule has 35 heavy (non-hydrogen) atoms. The minimum atomic E-state index is -0.952. The standard InChI is InChI=1S/C28H24N2O4S/c1-16-11-12-18(13-17(16)2)26-24(14-25(31)32)35-27(29-26)30-28(33)34-15-23-21-9-5-3-7-19(21)20-8-4-6-10-22(20)23/h3-13,23H,14-15H2,1-2H3,(H,31,32)(H,29,30,33). The number of thiazole rings is 1. The Labute approximate surface area is 207 Å². The number of nitrogens with zero attached hydrogens (tertiary/aromatic N) is 1. The summed E-state index contributed by atoms with van der Waals surface area (Å²) in [6.07, 6.45) is -0.791. The monoisotopic (exact) mass is 484 g/mol. The van der Waals surface area contributed by atoms with Gasteiger partial charge in [0.25, 0.3) is 0 Å². The van der Waals surface area contributed by atoms with Crippen LogP contribution in [0.25, 0.3) is 22.4 Å². The summed E-state index contributed by atoms with van der Waals surface area (Å²) in [5.41, 5.74) is 8.20. The number of aromatic nitrogens is 1. The highest BCUT2D eigenvalue weighted by Gasteiger charge is 2.29. The fourth-order valence-electron chi connectivity index (χ4n) is 4.50. The zero-order chi connectivity index (χ0) is 24.5. The van der Waals surface area contributed by atoms with Crippen molar-refractivity contribution >= 4 is 28.5 Å². The van der Waals surface area contributed by atoms with Crippen molar-refractivity contribution in [3.8, 4) is 22.4 Å². The Bertz CT molecular complexity index is 1400. The van der Waals surface area contributed by atoms with Crippen molar-refractivity contribution in [1.82, 2.24) is 4.98 Å². The van der Waals surface area contributed by atoms with Crippen LogP contribution in [0.1, 0.15) is 33.0 Å². The van der Waals surface area contributed by atoms with Gasteiger partial charge < -0.3 is 9.84 Å². The van der Waals surface area contributed by atoms with Crippen molar-refractivity contribution in [3.05, 3.63) is 93.9 Å². The number of aliphatic carboxylic acids is 1. The number of hydrogen-bond donors (Lipinski definition) is 2. The molecule has 3 aromatic carbocycles. The van der Waals surface area contributed by atoms with Gasteiger partial charge in [0.2, 0.25) is 0 Å². The van der Waals surface area contributed by atoms with Crippen molar-refractivity contribution < 1.29 is 19.4 Å². The van der Waals surface area contributed by atoms with Gasteiger partial charge in [-0.15, -0.1) is 11.3 Å². The first kappa shape index (κ1) is 22.8. The molecule has 0 aliphatic heterocycles. The Balaban J connectivity index is 1.34. The third-order valence-corrected chi connectivity index (χ3v) is 7.31. The van der Waals surface area contributed by atoms with Gasteiger partial charge in [-0.3, -0.25) is 10.1 Å². The molecule has 7 heteroatoms. The van der Waals surface area contributed by atoms with Crippen molar-refractivity contribution in [3.63, 3.8) is 0 Å². The second-order valence-electron chi connectivity index (χ2n) is 8.61. The highest BCUT2D eigenvalue weighted by Crippen LogP contribution is 2.44. The number of amides is 1. The first-order valence-corrected chi connectivity index (χ1v) is 12.1. The molecule has 1 amide bonds. The quantitative estimate of drug-likeness (QED) is 0.330. The Morgan fingerprint density at radius 1 is 0.971 bits per heavy atom. The molecule has 0 saturated carbocycles. The summed E-state index contributed by atoms with van der Waals surface area (Å²) in [5, 5.41) is 12.4. The van der Waals surface area contributed by atoms with E-state index < -0.39 is 12.1 Å². The number of benzene rings is 3. The molecule has 2 N–H and O–H groups in total. The van der Waals surface area contributed by atoms with Crippen molar-refractivity contribution in [1.29, 1.82) is 0 Å². The molecule has 1 aliphatic rings. The summed E-state index contributed by atoms with van der Waals surface area (Å²) in [5.74, 6) is -0.996. The molecule has 1 heterocycles. The van der Waals surface area contributed by atoms with Crippen LogP contribution in [0, 0.1) is 13.8 Å². The third-order valence-electron chi connectivity index (χ3n) is 6.34. The molecule has 4 aromatic rings. The van der Waals surface area contributed by atoms with Crippen LogP contribution in [0.3, 0.4) is 0 Å². The molecule has 0 radical (unpaired) electrons. The molecule has 5 rings (SSSR count). The van der Waals surface area contributed by atoms with E-state index in [0.29, 0.717) is 15.7 Å². The number of rotatable bonds is 6. The second-order valence-corrected chi connectivity index (χ2v) is 9.69. The van der Waals surface area contributed by atoms with Gasteiger partial charge in [-0.2, -0.15) is 0 Å². The molecule has 6 nitrogen and oxygen atoms in total. The second kappa shape index (κ2) is 9.35. The number of nitrogens with one attached hydrogen (secondary N) is 1. The maximum Gasteiger partial charge on any atom is 0.413 e. The number of fused-ring (bicyclic) bond motifs is 3. The zero-order valence-electron chi connectivity index (χ0n) is 19.4. The number of carbonyl (C=O) groups is 2. The summed E-state index contributed by atoms with van der Waals surface area (Å²) in [7, 11) is 0. The topological polar surface area (TPSA) is 88.5 Å². The lowest BCUT2D eigenvalue weighted by atomic mass is 9.98. The van der Waals surface area contributed by atoms with Crippen molar-refractivity contribution in [2.24, 2.45) is 0 Å². The van der Waals surface area contributed by atoms with E-state index in [0.717, 1.165) is 50.3 Å². The number of anilines is 1. The van der Waals surface area contributed by atoms with Gasteiger partial charge in [0, 0.05) is 16.4 Å². The van der Waals surface area contributed by atoms with Crippen LogP contribution in [0.5, 0.6) is 0 Å². The minimum Gasteiger partial charge on any atom is -0.481 e. The molecule has 0 bridgehead atoms. The molecule has 0 fully saturated rings. The molecular formula is C28H24N2O4S. The van der Waals surface area contributed by atoms with Gasteiger partial charge in [-0.05, 0) is 53.3 Å². The van der Waals surface area contributed by atoms with Gasteiger partial charge in [0.15, 0.2) is 5.13 Å². The summed E-state index contributed by atoms with van der Waals surface area (Å²) in [6.45, 7) is 4.21. The Hall–Kier alpha value is -3.97. The molecule has 1 aliphatic carbocycles. The molecule has 0 spiro atoms. The van der Waals surface area contributed by atoms with Crippen LogP contribution in [0.15, 0.2) is 66.7 Å². The van der Waals surface area contributed by atoms with Crippen LogP contribution in [0.4, 0.5) is 9.93 Å². The maximum atomic E-state index is 12.7. The van der Waals surface area contributed by atoms with E-state index in [1.54, 1.807) is 0 Å². The van der Waals surface area contributed by atoms with Crippen molar-refractivity contribution in [2.75, 3.05) is 11.9 Å². The SMILES string of the molecule is Cc1ccc(-c2nc(NC(=O)OCC3c4ccccc4-c4ccccc43)sc2CC(=O)O)cc1C. The van der Waals surface area contributed by atoms with Crippen molar-refractivity contribution in [2.45, 2.75) is 26.2 Å². The molecule has 0 saturated heterocycles. The van der Waals surface area contributed by atoms with Crippen LogP contribution < -0.4 is 5.32 Å². The molecular weight excluding hydrogens is 460 g/mol. The number of carbonyl (C=O) groups excluding carboxylic acids is 1. The summed E-state index contributed by atoms with van der Waals surface area (Å²) in [4.78, 5) is 29.2. The summed E-state index contributed by atoms with van der Waals surface area (Å²) < 4.78 is 5.61. The molecule has 1 aromatic heterocycles. The first-order valence-electron chi connectivity index (χ1n) is 11.3. The lowest BCUT2D eigenvalue weighted by Crippen LogP contribution is -2.17. The Kier molecular flexibility index (Phi) is 6.09. The highest BCUT2D eigenvalue weighted by atomic mass is 32.1. The van der Waals surface area contributed by atoms with Gasteiger partial charge >= 0.3 is 12.1 Å². The fraction of sp³-hybridized carbons (Fsp3) is 0.179. The van der Waals surface area contributed by atoms with Crippen LogP contribution >= 0.6 is 11.3 Å². The van der Waals surface area contributed by atoms with E-state index >= 15 is 0 Å². The normalized spacial score (nSPS) is 12.2. The van der Waals surface area contributed by atoms with Gasteiger partial charge in [-0.1, -0.05) is 60.7 Å². The Morgan fingerprint density at radius 3 is 2.26 bits per heavy atom. The van der Waals surface area contributed by atoms with Crippen LogP contribution in [-0.2, 0) is 16.0 Å². The molecule has 0 unspecified atom stereocenters. The summed E-state index contributed by atoms with van der Waals surface area (Å²) in [6, 6.07) is 22.2. The smallest absolute Gasteiger partial charge is 0.413 e. The van der Waals surface area contributed by atoms with E-state index in [-0.39, 0.29) is 18.9 Å². The maximum absolute atomic E-state index is 12.7. The summed E-state index contributed by atoms with van der Waals surface area (Å²) >= 11 is 1.15. The van der Waals surface area contributed by atoms with E-state index in [1.807, 2.05) is 56.3 Å². The van der Waals surface area contributed by atoms with Crippen LogP contribution in [-0.4, -0.2) is 28.8 Å². The first-order chi connectivity index (χ1) is 16.9. The predicted octanol–water partition coefficient (Wildman–Crippen LogP) is 6.42. The highest BCUT2D eigenvalue weighted by molar-refractivity contribution is 7.16.